The van der Waals surface area contributed by atoms with Crippen molar-refractivity contribution < 1.29 is 9.59 Å². The van der Waals surface area contributed by atoms with E-state index in [4.69, 9.17) is 0 Å². The molecule has 1 aliphatic heterocycles. The summed E-state index contributed by atoms with van der Waals surface area (Å²) < 4.78 is 0. The minimum absolute atomic E-state index is 0.0261. The standard InChI is InChI=1S/C17H18N2O2S/c1-2-19(11-12-6-5-9-22-12)17(21)14-10-16(20)18-15-8-4-3-7-13(14)15/h3-9,14H,2,10-11H2,1H3,(H,18,20). The molecule has 2 amide bonds. The summed E-state index contributed by atoms with van der Waals surface area (Å²) in [7, 11) is 0. The second-order valence-corrected chi connectivity index (χ2v) is 6.36. The van der Waals surface area contributed by atoms with Gasteiger partial charge in [0.15, 0.2) is 0 Å². The van der Waals surface area contributed by atoms with Crippen molar-refractivity contribution in [3.8, 4) is 0 Å². The zero-order chi connectivity index (χ0) is 15.5. The fraction of sp³-hybridized carbons (Fsp3) is 0.294. The summed E-state index contributed by atoms with van der Waals surface area (Å²) in [5.74, 6) is -0.452. The van der Waals surface area contributed by atoms with E-state index in [0.29, 0.717) is 13.1 Å². The minimum Gasteiger partial charge on any atom is -0.337 e. The maximum atomic E-state index is 12.9. The average Bonchev–Trinajstić information content (AvgIpc) is 3.04. The number of hydrogen-bond donors (Lipinski definition) is 1. The van der Waals surface area contributed by atoms with Crippen LogP contribution in [0.15, 0.2) is 41.8 Å². The molecule has 1 aromatic carbocycles. The molecule has 114 valence electrons. The van der Waals surface area contributed by atoms with Gasteiger partial charge in [-0.1, -0.05) is 24.3 Å². The molecule has 0 aliphatic carbocycles. The third-order valence-electron chi connectivity index (χ3n) is 3.92. The van der Waals surface area contributed by atoms with Crippen molar-refractivity contribution in [3.05, 3.63) is 52.2 Å². The SMILES string of the molecule is CCN(Cc1cccs1)C(=O)C1CC(=O)Nc2ccccc21. The highest BCUT2D eigenvalue weighted by molar-refractivity contribution is 7.09. The van der Waals surface area contributed by atoms with E-state index in [1.165, 1.54) is 0 Å². The maximum absolute atomic E-state index is 12.9. The summed E-state index contributed by atoms with van der Waals surface area (Å²) in [4.78, 5) is 27.8. The van der Waals surface area contributed by atoms with Gasteiger partial charge in [-0.2, -0.15) is 0 Å². The monoisotopic (exact) mass is 314 g/mol. The fourth-order valence-corrected chi connectivity index (χ4v) is 3.51. The smallest absolute Gasteiger partial charge is 0.231 e. The Bertz CT molecular complexity index is 682. The summed E-state index contributed by atoms with van der Waals surface area (Å²) in [6, 6.07) is 11.6. The Morgan fingerprint density at radius 3 is 2.86 bits per heavy atom. The minimum atomic E-state index is -0.384. The molecule has 0 bridgehead atoms. The van der Waals surface area contributed by atoms with Crippen LogP contribution in [0.4, 0.5) is 5.69 Å². The fourth-order valence-electron chi connectivity index (χ4n) is 2.79. The van der Waals surface area contributed by atoms with E-state index < -0.39 is 0 Å². The van der Waals surface area contributed by atoms with Crippen molar-refractivity contribution in [1.82, 2.24) is 4.90 Å². The number of rotatable bonds is 4. The van der Waals surface area contributed by atoms with Gasteiger partial charge in [0.2, 0.25) is 11.8 Å². The van der Waals surface area contributed by atoms with Gasteiger partial charge in [-0.05, 0) is 30.0 Å². The number of thiophene rings is 1. The second kappa shape index (κ2) is 6.32. The van der Waals surface area contributed by atoms with Crippen LogP contribution >= 0.6 is 11.3 Å². The molecule has 0 radical (unpaired) electrons. The lowest BCUT2D eigenvalue weighted by atomic mass is 9.89. The van der Waals surface area contributed by atoms with Crippen LogP contribution < -0.4 is 5.32 Å². The van der Waals surface area contributed by atoms with Crippen molar-refractivity contribution in [1.29, 1.82) is 0 Å². The molecule has 1 N–H and O–H groups in total. The largest absolute Gasteiger partial charge is 0.337 e. The van der Waals surface area contributed by atoms with Crippen molar-refractivity contribution >= 4 is 28.8 Å². The summed E-state index contributed by atoms with van der Waals surface area (Å²) >= 11 is 1.64. The van der Waals surface area contributed by atoms with Crippen LogP contribution in [0.2, 0.25) is 0 Å². The number of carbonyl (C=O) groups is 2. The van der Waals surface area contributed by atoms with Crippen molar-refractivity contribution in [2.24, 2.45) is 0 Å². The predicted molar refractivity (Wildman–Crippen MR) is 87.8 cm³/mol. The van der Waals surface area contributed by atoms with Crippen molar-refractivity contribution in [3.63, 3.8) is 0 Å². The highest BCUT2D eigenvalue weighted by atomic mass is 32.1. The first kappa shape index (κ1) is 14.8. The molecule has 0 saturated carbocycles. The van der Waals surface area contributed by atoms with Crippen molar-refractivity contribution in [2.45, 2.75) is 25.8 Å². The van der Waals surface area contributed by atoms with Gasteiger partial charge in [-0.3, -0.25) is 9.59 Å². The first-order valence-corrected chi connectivity index (χ1v) is 8.27. The van der Waals surface area contributed by atoms with Crippen LogP contribution in [-0.4, -0.2) is 23.3 Å². The van der Waals surface area contributed by atoms with Crippen LogP contribution in [-0.2, 0) is 16.1 Å². The normalized spacial score (nSPS) is 16.8. The van der Waals surface area contributed by atoms with Gasteiger partial charge in [0, 0.05) is 23.5 Å². The molecule has 3 rings (SSSR count). The van der Waals surface area contributed by atoms with Gasteiger partial charge < -0.3 is 10.2 Å². The quantitative estimate of drug-likeness (QED) is 0.942. The van der Waals surface area contributed by atoms with Crippen LogP contribution in [0.1, 0.15) is 29.7 Å². The van der Waals surface area contributed by atoms with Gasteiger partial charge >= 0.3 is 0 Å². The molecule has 2 aromatic rings. The Balaban J connectivity index is 1.85. The number of hydrogen-bond acceptors (Lipinski definition) is 3. The Morgan fingerprint density at radius 2 is 2.14 bits per heavy atom. The first-order valence-electron chi connectivity index (χ1n) is 7.39. The molecule has 1 atom stereocenters. The molecule has 0 fully saturated rings. The third kappa shape index (κ3) is 2.90. The van der Waals surface area contributed by atoms with E-state index in [2.05, 4.69) is 5.32 Å². The summed E-state index contributed by atoms with van der Waals surface area (Å²) in [5.41, 5.74) is 1.67. The van der Waals surface area contributed by atoms with Gasteiger partial charge in [0.25, 0.3) is 0 Å². The second-order valence-electron chi connectivity index (χ2n) is 5.32. The average molecular weight is 314 g/mol. The van der Waals surface area contributed by atoms with E-state index in [1.54, 1.807) is 11.3 Å². The summed E-state index contributed by atoms with van der Waals surface area (Å²) in [6.07, 6.45) is 0.219. The number of nitrogens with zero attached hydrogens (tertiary/aromatic N) is 1. The van der Waals surface area contributed by atoms with Crippen molar-refractivity contribution in [2.75, 3.05) is 11.9 Å². The Labute approximate surface area is 133 Å². The Kier molecular flexibility index (Phi) is 4.24. The van der Waals surface area contributed by atoms with Gasteiger partial charge in [-0.15, -0.1) is 11.3 Å². The molecular formula is C17H18N2O2S. The number of likely N-dealkylation sites (N-methyl/N-ethyl adjacent to an activating group) is 1. The predicted octanol–water partition coefficient (Wildman–Crippen LogP) is 3.22. The number of amides is 2. The molecule has 1 aromatic heterocycles. The number of benzene rings is 1. The zero-order valence-electron chi connectivity index (χ0n) is 12.4. The molecule has 4 nitrogen and oxygen atoms in total. The van der Waals surface area contributed by atoms with E-state index in [1.807, 2.05) is 53.6 Å². The summed E-state index contributed by atoms with van der Waals surface area (Å²) in [6.45, 7) is 3.21. The van der Waals surface area contributed by atoms with Crippen LogP contribution in [0.5, 0.6) is 0 Å². The first-order chi connectivity index (χ1) is 10.7. The van der Waals surface area contributed by atoms with Crippen LogP contribution in [0, 0.1) is 0 Å². The molecular weight excluding hydrogens is 296 g/mol. The topological polar surface area (TPSA) is 49.4 Å². The van der Waals surface area contributed by atoms with E-state index >= 15 is 0 Å². The van der Waals surface area contributed by atoms with E-state index in [-0.39, 0.29) is 24.2 Å². The van der Waals surface area contributed by atoms with E-state index in [0.717, 1.165) is 16.1 Å². The summed E-state index contributed by atoms with van der Waals surface area (Å²) in [5, 5.41) is 4.85. The highest BCUT2D eigenvalue weighted by Crippen LogP contribution is 2.33. The highest BCUT2D eigenvalue weighted by Gasteiger charge is 2.32. The lowest BCUT2D eigenvalue weighted by Crippen LogP contribution is -2.38. The third-order valence-corrected chi connectivity index (χ3v) is 4.78. The maximum Gasteiger partial charge on any atom is 0.231 e. The van der Waals surface area contributed by atoms with Gasteiger partial charge in [0.1, 0.15) is 0 Å². The van der Waals surface area contributed by atoms with Crippen LogP contribution in [0.25, 0.3) is 0 Å². The molecule has 22 heavy (non-hydrogen) atoms. The number of nitrogens with one attached hydrogen (secondary N) is 1. The van der Waals surface area contributed by atoms with Crippen LogP contribution in [0.3, 0.4) is 0 Å². The van der Waals surface area contributed by atoms with Gasteiger partial charge in [0.05, 0.1) is 12.5 Å². The molecule has 1 unspecified atom stereocenters. The molecule has 2 heterocycles. The molecule has 0 spiro atoms. The van der Waals surface area contributed by atoms with E-state index in [9.17, 15) is 9.59 Å². The number of para-hydroxylation sites is 1. The lowest BCUT2D eigenvalue weighted by Gasteiger charge is -2.30. The lowest BCUT2D eigenvalue weighted by molar-refractivity contribution is -0.135. The molecule has 1 aliphatic rings. The number of anilines is 1. The molecule has 5 heteroatoms. The number of fused-ring (bicyclic) bond motifs is 1. The molecule has 0 saturated heterocycles. The Hall–Kier alpha value is -2.14. The van der Waals surface area contributed by atoms with Gasteiger partial charge in [-0.25, -0.2) is 0 Å². The zero-order valence-corrected chi connectivity index (χ0v) is 13.2. The number of carbonyl (C=O) groups excluding carboxylic acids is 2. The Morgan fingerprint density at radius 1 is 1.32 bits per heavy atom.